The Balaban J connectivity index is 1.30. The molecule has 3 heterocycles. The highest BCUT2D eigenvalue weighted by Crippen LogP contribution is 2.44. The lowest BCUT2D eigenvalue weighted by molar-refractivity contribution is -0.127. The van der Waals surface area contributed by atoms with E-state index < -0.39 is 5.41 Å². The largest absolute Gasteiger partial charge is 0.496 e. The second-order valence-electron chi connectivity index (χ2n) is 9.37. The number of hydrogen-bond acceptors (Lipinski definition) is 6. The van der Waals surface area contributed by atoms with Crippen LogP contribution in [0.15, 0.2) is 61.1 Å². The number of methoxy groups -OCH3 is 1. The van der Waals surface area contributed by atoms with Crippen LogP contribution >= 0.6 is 0 Å². The summed E-state index contributed by atoms with van der Waals surface area (Å²) in [7, 11) is 1.56. The van der Waals surface area contributed by atoms with Gasteiger partial charge in [0, 0.05) is 78.3 Å². The first-order valence-electron chi connectivity index (χ1n) is 12.1. The second kappa shape index (κ2) is 9.45. The Bertz CT molecular complexity index is 1370. The van der Waals surface area contributed by atoms with Gasteiger partial charge in [-0.05, 0) is 55.0 Å². The lowest BCUT2D eigenvalue weighted by Crippen LogP contribution is -2.46. The molecule has 0 unspecified atom stereocenters. The molecule has 36 heavy (non-hydrogen) atoms. The van der Waals surface area contributed by atoms with E-state index in [1.165, 1.54) is 12.4 Å². The highest BCUT2D eigenvalue weighted by molar-refractivity contribution is 6.09. The van der Waals surface area contributed by atoms with E-state index in [1.807, 2.05) is 52.3 Å². The van der Waals surface area contributed by atoms with E-state index in [0.29, 0.717) is 54.9 Å². The van der Waals surface area contributed by atoms with Gasteiger partial charge in [-0.3, -0.25) is 14.6 Å². The summed E-state index contributed by atoms with van der Waals surface area (Å²) in [4.78, 5) is 34.6. The molecule has 0 saturated carbocycles. The standard InChI is InChI=1S/C28H29N5O3/c1-36-25-15-23(4-5-24(25)22(16-29)17-30)33-13-9-28(27(33)35)7-11-32(12-8-28)26(34)20-2-3-21-18-31-10-6-19(21)14-20/h2-6,10,14-18,29H,7-9,11-13,30H2,1H3/b22-17+,29-16?. The monoisotopic (exact) mass is 483 g/mol. The number of nitrogens with zero attached hydrogens (tertiary/aromatic N) is 3. The first-order valence-corrected chi connectivity index (χ1v) is 12.1. The summed E-state index contributed by atoms with van der Waals surface area (Å²) in [5, 5.41) is 9.55. The molecule has 184 valence electrons. The van der Waals surface area contributed by atoms with Crippen molar-refractivity contribution in [1.29, 1.82) is 5.41 Å². The highest BCUT2D eigenvalue weighted by Gasteiger charge is 2.49. The van der Waals surface area contributed by atoms with E-state index in [0.717, 1.165) is 22.9 Å². The van der Waals surface area contributed by atoms with Gasteiger partial charge in [0.15, 0.2) is 0 Å². The van der Waals surface area contributed by atoms with E-state index in [-0.39, 0.29) is 11.8 Å². The van der Waals surface area contributed by atoms with Crippen molar-refractivity contribution in [2.24, 2.45) is 11.1 Å². The minimum atomic E-state index is -0.449. The summed E-state index contributed by atoms with van der Waals surface area (Å²) in [6, 6.07) is 13.1. The number of carbonyl (C=O) groups excluding carboxylic acids is 2. The van der Waals surface area contributed by atoms with Crippen LogP contribution in [0.3, 0.4) is 0 Å². The van der Waals surface area contributed by atoms with Gasteiger partial charge in [0.25, 0.3) is 5.91 Å². The molecule has 2 aromatic carbocycles. The van der Waals surface area contributed by atoms with E-state index in [2.05, 4.69) is 4.98 Å². The quantitative estimate of drug-likeness (QED) is 0.535. The molecule has 2 aliphatic rings. The average molecular weight is 484 g/mol. The number of piperidine rings is 1. The predicted molar refractivity (Wildman–Crippen MR) is 140 cm³/mol. The fraction of sp³-hybridized carbons (Fsp3) is 0.286. The van der Waals surface area contributed by atoms with Gasteiger partial charge in [0.1, 0.15) is 5.75 Å². The van der Waals surface area contributed by atoms with Gasteiger partial charge >= 0.3 is 0 Å². The third kappa shape index (κ3) is 3.98. The van der Waals surface area contributed by atoms with Crippen LogP contribution in [0, 0.1) is 10.8 Å². The van der Waals surface area contributed by atoms with E-state index >= 15 is 0 Å². The minimum absolute atomic E-state index is 0.00107. The van der Waals surface area contributed by atoms with Crippen molar-refractivity contribution in [3.8, 4) is 5.75 Å². The molecule has 2 aliphatic heterocycles. The third-order valence-corrected chi connectivity index (χ3v) is 7.55. The van der Waals surface area contributed by atoms with Crippen molar-refractivity contribution in [3.63, 3.8) is 0 Å². The van der Waals surface area contributed by atoms with E-state index in [9.17, 15) is 9.59 Å². The number of rotatable bonds is 5. The number of fused-ring (bicyclic) bond motifs is 1. The van der Waals surface area contributed by atoms with Crippen LogP contribution in [0.4, 0.5) is 5.69 Å². The lowest BCUT2D eigenvalue weighted by atomic mass is 9.77. The second-order valence-corrected chi connectivity index (χ2v) is 9.37. The third-order valence-electron chi connectivity index (χ3n) is 7.55. The van der Waals surface area contributed by atoms with E-state index in [1.54, 1.807) is 19.5 Å². The number of ether oxygens (including phenoxy) is 1. The molecular weight excluding hydrogens is 454 g/mol. The normalized spacial score (nSPS) is 17.6. The molecule has 3 aromatic rings. The molecule has 0 bridgehead atoms. The fourth-order valence-corrected chi connectivity index (χ4v) is 5.37. The number of allylic oxidation sites excluding steroid dienone is 1. The molecule has 8 nitrogen and oxygen atoms in total. The summed E-state index contributed by atoms with van der Waals surface area (Å²) >= 11 is 0. The number of nitrogens with two attached hydrogens (primary N) is 1. The Hall–Kier alpha value is -4.20. The number of amides is 2. The SMILES string of the molecule is COc1cc(N2CCC3(CCN(C(=O)c4ccc5cnccc5c4)CC3)C2=O)ccc1/C(C=N)=C/N. The van der Waals surface area contributed by atoms with Crippen LogP contribution in [0.1, 0.15) is 35.2 Å². The number of hydrogen-bond donors (Lipinski definition) is 2. The number of pyridine rings is 1. The summed E-state index contributed by atoms with van der Waals surface area (Å²) in [5.74, 6) is 0.665. The van der Waals surface area contributed by atoms with Gasteiger partial charge in [-0.1, -0.05) is 6.07 Å². The topological polar surface area (TPSA) is 113 Å². The van der Waals surface area contributed by atoms with Crippen molar-refractivity contribution >= 4 is 40.1 Å². The van der Waals surface area contributed by atoms with Crippen molar-refractivity contribution in [2.45, 2.75) is 19.3 Å². The zero-order valence-corrected chi connectivity index (χ0v) is 20.2. The smallest absolute Gasteiger partial charge is 0.253 e. The van der Waals surface area contributed by atoms with Crippen LogP contribution in [0.2, 0.25) is 0 Å². The Labute approximate surface area is 209 Å². The van der Waals surface area contributed by atoms with Gasteiger partial charge in [-0.15, -0.1) is 0 Å². The van der Waals surface area contributed by atoms with Gasteiger partial charge in [0.05, 0.1) is 12.5 Å². The van der Waals surface area contributed by atoms with Crippen LogP contribution in [0.25, 0.3) is 16.3 Å². The lowest BCUT2D eigenvalue weighted by Gasteiger charge is -2.38. The predicted octanol–water partition coefficient (Wildman–Crippen LogP) is 3.85. The van der Waals surface area contributed by atoms with Crippen molar-refractivity contribution in [2.75, 3.05) is 31.6 Å². The first kappa shape index (κ1) is 23.5. The summed E-state index contributed by atoms with van der Waals surface area (Å²) < 4.78 is 5.53. The number of nitrogens with one attached hydrogen (secondary N) is 1. The molecule has 5 rings (SSSR count). The van der Waals surface area contributed by atoms with Gasteiger partial charge in [-0.25, -0.2) is 0 Å². The Morgan fingerprint density at radius 3 is 2.58 bits per heavy atom. The first-order chi connectivity index (χ1) is 17.5. The van der Waals surface area contributed by atoms with E-state index in [4.69, 9.17) is 15.9 Å². The Morgan fingerprint density at radius 1 is 1.08 bits per heavy atom. The maximum absolute atomic E-state index is 13.6. The minimum Gasteiger partial charge on any atom is -0.496 e. The van der Waals surface area contributed by atoms with Gasteiger partial charge in [-0.2, -0.15) is 0 Å². The van der Waals surface area contributed by atoms with Crippen LogP contribution in [0.5, 0.6) is 5.75 Å². The van der Waals surface area contributed by atoms with Gasteiger partial charge in [0.2, 0.25) is 5.91 Å². The van der Waals surface area contributed by atoms with Crippen molar-refractivity contribution in [3.05, 3.63) is 72.2 Å². The molecule has 0 aliphatic carbocycles. The Morgan fingerprint density at radius 2 is 1.86 bits per heavy atom. The average Bonchev–Trinajstić information content (AvgIpc) is 3.24. The summed E-state index contributed by atoms with van der Waals surface area (Å²) in [5.41, 5.74) is 7.87. The molecule has 1 spiro atoms. The summed E-state index contributed by atoms with van der Waals surface area (Å²) in [6.07, 6.45) is 8.11. The molecule has 3 N–H and O–H groups in total. The summed E-state index contributed by atoms with van der Waals surface area (Å²) in [6.45, 7) is 1.73. The maximum Gasteiger partial charge on any atom is 0.253 e. The number of likely N-dealkylation sites (tertiary alicyclic amines) is 1. The number of anilines is 1. The number of carbonyl (C=O) groups is 2. The molecule has 0 radical (unpaired) electrons. The number of benzene rings is 2. The Kier molecular flexibility index (Phi) is 6.18. The highest BCUT2D eigenvalue weighted by atomic mass is 16.5. The van der Waals surface area contributed by atoms with Crippen LogP contribution in [-0.2, 0) is 4.79 Å². The molecular formula is C28H29N5O3. The molecule has 2 amide bonds. The zero-order chi connectivity index (χ0) is 25.3. The maximum atomic E-state index is 13.6. The molecule has 1 aromatic heterocycles. The fourth-order valence-electron chi connectivity index (χ4n) is 5.37. The molecule has 8 heteroatoms. The van der Waals surface area contributed by atoms with Crippen molar-refractivity contribution in [1.82, 2.24) is 9.88 Å². The van der Waals surface area contributed by atoms with Crippen molar-refractivity contribution < 1.29 is 14.3 Å². The number of aromatic nitrogens is 1. The zero-order valence-electron chi connectivity index (χ0n) is 20.2. The van der Waals surface area contributed by atoms with Crippen LogP contribution in [-0.4, -0.2) is 54.7 Å². The van der Waals surface area contributed by atoms with Crippen LogP contribution < -0.4 is 15.4 Å². The molecule has 2 fully saturated rings. The van der Waals surface area contributed by atoms with Gasteiger partial charge < -0.3 is 25.7 Å². The molecule has 0 atom stereocenters. The molecule has 2 saturated heterocycles.